The second-order valence-corrected chi connectivity index (χ2v) is 6.44. The Morgan fingerprint density at radius 2 is 1.70 bits per heavy atom. The predicted octanol–water partition coefficient (Wildman–Crippen LogP) is 5.28. The van der Waals surface area contributed by atoms with E-state index in [0.29, 0.717) is 17.9 Å². The third kappa shape index (κ3) is 1.82. The van der Waals surface area contributed by atoms with Gasteiger partial charge < -0.3 is 5.32 Å². The number of fused-ring (bicyclic) bond motifs is 3. The van der Waals surface area contributed by atoms with Crippen LogP contribution in [0.5, 0.6) is 0 Å². The summed E-state index contributed by atoms with van der Waals surface area (Å²) in [5, 5.41) is 3.76. The Kier molecular flexibility index (Phi) is 2.92. The van der Waals surface area contributed by atoms with Crippen LogP contribution in [-0.4, -0.2) is 0 Å². The number of hydrogen-bond donors (Lipinski definition) is 1. The number of para-hydroxylation sites is 1. The maximum Gasteiger partial charge on any atom is 0.0565 e. The minimum Gasteiger partial charge on any atom is -0.378 e. The average Bonchev–Trinajstić information content (AvgIpc) is 2.97. The normalized spacial score (nSPS) is 26.8. The van der Waals surface area contributed by atoms with Crippen molar-refractivity contribution >= 4 is 21.6 Å². The van der Waals surface area contributed by atoms with Crippen LogP contribution >= 0.6 is 15.9 Å². The van der Waals surface area contributed by atoms with Gasteiger partial charge in [-0.15, -0.1) is 0 Å². The van der Waals surface area contributed by atoms with Crippen LogP contribution in [0, 0.1) is 5.92 Å². The van der Waals surface area contributed by atoms with E-state index in [1.54, 1.807) is 0 Å². The fourth-order valence-corrected chi connectivity index (χ4v) is 4.11. The molecule has 2 heteroatoms. The molecule has 0 radical (unpaired) electrons. The molecular formula is C18H16BrN. The van der Waals surface area contributed by atoms with Gasteiger partial charge in [0, 0.05) is 16.1 Å². The number of nitrogens with one attached hydrogen (secondary N) is 1. The van der Waals surface area contributed by atoms with E-state index < -0.39 is 0 Å². The summed E-state index contributed by atoms with van der Waals surface area (Å²) >= 11 is 3.71. The first-order valence-corrected chi connectivity index (χ1v) is 7.90. The SMILES string of the molecule is Brc1ccccc1C1Nc2ccccc2C2C=CCC21. The van der Waals surface area contributed by atoms with Crippen LogP contribution in [0.3, 0.4) is 0 Å². The molecule has 1 aliphatic heterocycles. The molecule has 2 aromatic carbocycles. The van der Waals surface area contributed by atoms with Crippen LogP contribution in [0.25, 0.3) is 0 Å². The Morgan fingerprint density at radius 1 is 0.950 bits per heavy atom. The van der Waals surface area contributed by atoms with Crippen LogP contribution in [0.2, 0.25) is 0 Å². The van der Waals surface area contributed by atoms with E-state index in [2.05, 4.69) is 81.9 Å². The lowest BCUT2D eigenvalue weighted by molar-refractivity contribution is 0.424. The first-order chi connectivity index (χ1) is 9.84. The molecule has 1 N–H and O–H groups in total. The molecule has 0 fully saturated rings. The Morgan fingerprint density at radius 3 is 2.55 bits per heavy atom. The zero-order valence-corrected chi connectivity index (χ0v) is 12.7. The topological polar surface area (TPSA) is 12.0 Å². The van der Waals surface area contributed by atoms with Crippen LogP contribution in [0.4, 0.5) is 5.69 Å². The Labute approximate surface area is 127 Å². The van der Waals surface area contributed by atoms with Crippen molar-refractivity contribution < 1.29 is 0 Å². The Bertz CT molecular complexity index is 677. The molecule has 0 amide bonds. The molecule has 2 aliphatic rings. The molecular weight excluding hydrogens is 310 g/mol. The van der Waals surface area contributed by atoms with Gasteiger partial charge >= 0.3 is 0 Å². The van der Waals surface area contributed by atoms with Crippen molar-refractivity contribution in [2.24, 2.45) is 5.92 Å². The fraction of sp³-hybridized carbons (Fsp3) is 0.222. The van der Waals surface area contributed by atoms with Crippen LogP contribution < -0.4 is 5.32 Å². The third-order valence-corrected chi connectivity index (χ3v) is 5.23. The second kappa shape index (κ2) is 4.78. The summed E-state index contributed by atoms with van der Waals surface area (Å²) in [6.07, 6.45) is 5.87. The number of rotatable bonds is 1. The number of halogens is 1. The monoisotopic (exact) mass is 325 g/mol. The molecule has 0 spiro atoms. The van der Waals surface area contributed by atoms with Gasteiger partial charge in [-0.25, -0.2) is 0 Å². The summed E-state index contributed by atoms with van der Waals surface area (Å²) < 4.78 is 1.20. The fourth-order valence-electron chi connectivity index (χ4n) is 3.58. The molecule has 20 heavy (non-hydrogen) atoms. The number of anilines is 1. The molecule has 0 saturated carbocycles. The quantitative estimate of drug-likeness (QED) is 0.704. The molecule has 0 saturated heterocycles. The van der Waals surface area contributed by atoms with Gasteiger partial charge in [0.25, 0.3) is 0 Å². The van der Waals surface area contributed by atoms with E-state index >= 15 is 0 Å². The van der Waals surface area contributed by atoms with Crippen molar-refractivity contribution in [3.05, 3.63) is 76.3 Å². The largest absolute Gasteiger partial charge is 0.378 e. The number of allylic oxidation sites excluding steroid dienone is 2. The van der Waals surface area contributed by atoms with Crippen LogP contribution in [0.15, 0.2) is 65.2 Å². The highest BCUT2D eigenvalue weighted by atomic mass is 79.9. The van der Waals surface area contributed by atoms with Gasteiger partial charge in [-0.3, -0.25) is 0 Å². The molecule has 100 valence electrons. The minimum absolute atomic E-state index is 0.375. The number of hydrogen-bond acceptors (Lipinski definition) is 1. The van der Waals surface area contributed by atoms with Crippen molar-refractivity contribution in [3.8, 4) is 0 Å². The maximum absolute atomic E-state index is 3.76. The third-order valence-electron chi connectivity index (χ3n) is 4.51. The summed E-state index contributed by atoms with van der Waals surface area (Å²) in [6, 6.07) is 17.6. The van der Waals surface area contributed by atoms with Crippen LogP contribution in [0.1, 0.15) is 29.5 Å². The molecule has 0 aromatic heterocycles. The number of benzene rings is 2. The maximum atomic E-state index is 3.76. The molecule has 4 rings (SSSR count). The first kappa shape index (κ1) is 12.2. The molecule has 1 nitrogen and oxygen atoms in total. The van der Waals surface area contributed by atoms with Gasteiger partial charge in [0.1, 0.15) is 0 Å². The highest BCUT2D eigenvalue weighted by molar-refractivity contribution is 9.10. The molecule has 3 unspecified atom stereocenters. The highest BCUT2D eigenvalue weighted by Crippen LogP contribution is 2.50. The smallest absolute Gasteiger partial charge is 0.0565 e. The van der Waals surface area contributed by atoms with Crippen LogP contribution in [-0.2, 0) is 0 Å². The lowest BCUT2D eigenvalue weighted by Gasteiger charge is -2.37. The zero-order chi connectivity index (χ0) is 13.5. The van der Waals surface area contributed by atoms with Crippen molar-refractivity contribution in [1.29, 1.82) is 0 Å². The summed E-state index contributed by atoms with van der Waals surface area (Å²) in [5.41, 5.74) is 4.08. The van der Waals surface area contributed by atoms with Gasteiger partial charge in [-0.1, -0.05) is 64.5 Å². The van der Waals surface area contributed by atoms with Gasteiger partial charge in [0.15, 0.2) is 0 Å². The molecule has 0 bridgehead atoms. The van der Waals surface area contributed by atoms with Crippen molar-refractivity contribution in [2.45, 2.75) is 18.4 Å². The van der Waals surface area contributed by atoms with Gasteiger partial charge in [0.2, 0.25) is 0 Å². The van der Waals surface area contributed by atoms with E-state index in [9.17, 15) is 0 Å². The average molecular weight is 326 g/mol. The van der Waals surface area contributed by atoms with Gasteiger partial charge in [-0.2, -0.15) is 0 Å². The van der Waals surface area contributed by atoms with E-state index in [1.165, 1.54) is 21.3 Å². The molecule has 1 heterocycles. The van der Waals surface area contributed by atoms with Crippen molar-refractivity contribution in [3.63, 3.8) is 0 Å². The van der Waals surface area contributed by atoms with Crippen molar-refractivity contribution in [1.82, 2.24) is 0 Å². The summed E-state index contributed by atoms with van der Waals surface area (Å²) in [7, 11) is 0. The lowest BCUT2D eigenvalue weighted by atomic mass is 9.77. The molecule has 1 aliphatic carbocycles. The van der Waals surface area contributed by atoms with Gasteiger partial charge in [0.05, 0.1) is 6.04 Å². The lowest BCUT2D eigenvalue weighted by Crippen LogP contribution is -2.29. The van der Waals surface area contributed by atoms with E-state index in [0.717, 1.165) is 6.42 Å². The van der Waals surface area contributed by atoms with Crippen molar-refractivity contribution in [2.75, 3.05) is 5.32 Å². The highest BCUT2D eigenvalue weighted by Gasteiger charge is 2.38. The van der Waals surface area contributed by atoms with E-state index in [4.69, 9.17) is 0 Å². The Balaban J connectivity index is 1.82. The predicted molar refractivity (Wildman–Crippen MR) is 86.9 cm³/mol. The molecule has 3 atom stereocenters. The Hall–Kier alpha value is -1.54. The standard InChI is InChI=1S/C18H16BrN/c19-16-10-3-1-7-15(16)18-14-9-5-8-12(14)13-6-2-4-11-17(13)20-18/h1-8,10-12,14,18,20H,9H2. The first-order valence-electron chi connectivity index (χ1n) is 7.11. The van der Waals surface area contributed by atoms with E-state index in [-0.39, 0.29) is 0 Å². The van der Waals surface area contributed by atoms with E-state index in [1.807, 2.05) is 0 Å². The summed E-state index contributed by atoms with van der Waals surface area (Å²) in [4.78, 5) is 0. The zero-order valence-electron chi connectivity index (χ0n) is 11.1. The summed E-state index contributed by atoms with van der Waals surface area (Å²) in [5.74, 6) is 1.16. The second-order valence-electron chi connectivity index (χ2n) is 5.58. The summed E-state index contributed by atoms with van der Waals surface area (Å²) in [6.45, 7) is 0. The molecule has 2 aromatic rings. The van der Waals surface area contributed by atoms with Gasteiger partial charge in [-0.05, 0) is 35.6 Å². The minimum atomic E-state index is 0.375.